The lowest BCUT2D eigenvalue weighted by Gasteiger charge is -2.07. The Morgan fingerprint density at radius 2 is 1.83 bits per heavy atom. The van der Waals surface area contributed by atoms with Crippen LogP contribution in [-0.2, 0) is 6.42 Å². The molecule has 0 saturated heterocycles. The highest BCUT2D eigenvalue weighted by atomic mass is 32.1. The van der Waals surface area contributed by atoms with Gasteiger partial charge in [-0.2, -0.15) is 9.36 Å². The molecule has 1 amide bonds. The molecule has 1 heterocycles. The minimum absolute atomic E-state index is 0.224. The molecule has 3 aromatic carbocycles. The molecule has 4 aromatic rings. The van der Waals surface area contributed by atoms with Gasteiger partial charge in [-0.3, -0.25) is 4.79 Å². The van der Waals surface area contributed by atoms with Crippen LogP contribution < -0.4 is 10.1 Å². The number of benzene rings is 3. The summed E-state index contributed by atoms with van der Waals surface area (Å²) in [6, 6.07) is 20.7. The summed E-state index contributed by atoms with van der Waals surface area (Å²) in [6.07, 6.45) is 0.485. The standard InChI is InChI=1S/C23H18FN3O2S/c1-15-5-11-19(12-6-15)25-22(28)17-3-2-4-20(14-17)29-23-26-21(27-30-23)13-16-7-9-18(24)10-8-16/h2-12,14H,13H2,1H3,(H,25,28). The molecule has 0 bridgehead atoms. The molecule has 4 rings (SSSR count). The second kappa shape index (κ2) is 8.84. The normalized spacial score (nSPS) is 10.6. The second-order valence-corrected chi connectivity index (χ2v) is 7.44. The third-order valence-electron chi connectivity index (χ3n) is 4.34. The zero-order valence-corrected chi connectivity index (χ0v) is 16.9. The van der Waals surface area contributed by atoms with Gasteiger partial charge in [-0.1, -0.05) is 35.9 Å². The van der Waals surface area contributed by atoms with E-state index in [1.54, 1.807) is 36.4 Å². The molecule has 0 atom stereocenters. The Morgan fingerprint density at radius 1 is 1.07 bits per heavy atom. The van der Waals surface area contributed by atoms with Crippen molar-refractivity contribution in [3.05, 3.63) is 101 Å². The first kappa shape index (κ1) is 19.7. The Hall–Kier alpha value is -3.58. The summed E-state index contributed by atoms with van der Waals surface area (Å²) >= 11 is 1.13. The van der Waals surface area contributed by atoms with Gasteiger partial charge in [0.05, 0.1) is 0 Å². The Balaban J connectivity index is 1.41. The molecule has 0 aliphatic heterocycles. The van der Waals surface area contributed by atoms with Crippen molar-refractivity contribution in [3.63, 3.8) is 0 Å². The van der Waals surface area contributed by atoms with Crippen molar-refractivity contribution in [2.75, 3.05) is 5.32 Å². The summed E-state index contributed by atoms with van der Waals surface area (Å²) in [5.74, 6) is 0.588. The highest BCUT2D eigenvalue weighted by molar-refractivity contribution is 7.07. The number of nitrogens with zero attached hydrogens (tertiary/aromatic N) is 2. The van der Waals surface area contributed by atoms with Gasteiger partial charge in [-0.25, -0.2) is 4.39 Å². The van der Waals surface area contributed by atoms with Gasteiger partial charge in [-0.15, -0.1) is 0 Å². The van der Waals surface area contributed by atoms with Crippen LogP contribution in [0.25, 0.3) is 0 Å². The SMILES string of the molecule is Cc1ccc(NC(=O)c2cccc(Oc3nc(Cc4ccc(F)cc4)ns3)c2)cc1. The minimum atomic E-state index is -0.277. The van der Waals surface area contributed by atoms with Gasteiger partial charge in [0.25, 0.3) is 11.1 Å². The number of ether oxygens (including phenoxy) is 1. The fraction of sp³-hybridized carbons (Fsp3) is 0.0870. The summed E-state index contributed by atoms with van der Waals surface area (Å²) in [5, 5.41) is 3.24. The summed E-state index contributed by atoms with van der Waals surface area (Å²) in [7, 11) is 0. The number of aromatic nitrogens is 2. The van der Waals surface area contributed by atoms with Crippen LogP contribution in [0, 0.1) is 12.7 Å². The Morgan fingerprint density at radius 3 is 2.60 bits per heavy atom. The average molecular weight is 419 g/mol. The van der Waals surface area contributed by atoms with Crippen molar-refractivity contribution in [2.45, 2.75) is 13.3 Å². The molecule has 1 aromatic heterocycles. The van der Waals surface area contributed by atoms with Crippen molar-refractivity contribution in [2.24, 2.45) is 0 Å². The molecule has 5 nitrogen and oxygen atoms in total. The molecule has 0 aliphatic rings. The van der Waals surface area contributed by atoms with E-state index in [-0.39, 0.29) is 11.7 Å². The van der Waals surface area contributed by atoms with Gasteiger partial charge >= 0.3 is 0 Å². The largest absolute Gasteiger partial charge is 0.430 e. The molecule has 1 N–H and O–H groups in total. The summed E-state index contributed by atoms with van der Waals surface area (Å²) in [6.45, 7) is 1.99. The zero-order chi connectivity index (χ0) is 20.9. The number of anilines is 1. The molecule has 0 fully saturated rings. The molecule has 7 heteroatoms. The van der Waals surface area contributed by atoms with E-state index in [1.807, 2.05) is 31.2 Å². The molecular formula is C23H18FN3O2S. The average Bonchev–Trinajstić information content (AvgIpc) is 3.18. The van der Waals surface area contributed by atoms with Crippen molar-refractivity contribution in [3.8, 4) is 10.9 Å². The zero-order valence-electron chi connectivity index (χ0n) is 16.1. The lowest BCUT2D eigenvalue weighted by molar-refractivity contribution is 0.102. The maximum absolute atomic E-state index is 13.0. The number of amides is 1. The van der Waals surface area contributed by atoms with Crippen LogP contribution in [-0.4, -0.2) is 15.3 Å². The fourth-order valence-corrected chi connectivity index (χ4v) is 3.35. The summed E-state index contributed by atoms with van der Waals surface area (Å²) < 4.78 is 23.1. The third-order valence-corrected chi connectivity index (χ3v) is 4.97. The van der Waals surface area contributed by atoms with E-state index in [9.17, 15) is 9.18 Å². The van der Waals surface area contributed by atoms with E-state index in [0.29, 0.717) is 28.8 Å². The van der Waals surface area contributed by atoms with E-state index in [1.165, 1.54) is 12.1 Å². The first-order valence-electron chi connectivity index (χ1n) is 9.28. The van der Waals surface area contributed by atoms with Crippen molar-refractivity contribution < 1.29 is 13.9 Å². The number of aryl methyl sites for hydroxylation is 1. The minimum Gasteiger partial charge on any atom is -0.430 e. The third kappa shape index (κ3) is 5.07. The Labute approximate surface area is 177 Å². The molecule has 0 saturated carbocycles. The van der Waals surface area contributed by atoms with Crippen LogP contribution in [0.4, 0.5) is 10.1 Å². The molecule has 30 heavy (non-hydrogen) atoms. The highest BCUT2D eigenvalue weighted by Gasteiger charge is 2.11. The van der Waals surface area contributed by atoms with E-state index in [0.717, 1.165) is 28.3 Å². The Bertz CT molecular complexity index is 1160. The number of nitrogens with one attached hydrogen (secondary N) is 1. The molecule has 0 unspecified atom stereocenters. The highest BCUT2D eigenvalue weighted by Crippen LogP contribution is 2.25. The first-order valence-corrected chi connectivity index (χ1v) is 10.1. The predicted molar refractivity (Wildman–Crippen MR) is 115 cm³/mol. The van der Waals surface area contributed by atoms with E-state index < -0.39 is 0 Å². The lowest BCUT2D eigenvalue weighted by atomic mass is 10.1. The van der Waals surface area contributed by atoms with E-state index >= 15 is 0 Å². The molecule has 150 valence electrons. The summed E-state index contributed by atoms with van der Waals surface area (Å²) in [5.41, 5.74) is 3.24. The van der Waals surface area contributed by atoms with Crippen molar-refractivity contribution in [1.29, 1.82) is 0 Å². The second-order valence-electron chi connectivity index (χ2n) is 6.73. The van der Waals surface area contributed by atoms with Crippen LogP contribution in [0.2, 0.25) is 0 Å². The predicted octanol–water partition coefficient (Wildman–Crippen LogP) is 5.62. The van der Waals surface area contributed by atoms with Gasteiger partial charge < -0.3 is 10.1 Å². The number of carbonyl (C=O) groups excluding carboxylic acids is 1. The summed E-state index contributed by atoms with van der Waals surface area (Å²) in [4.78, 5) is 16.9. The van der Waals surface area contributed by atoms with Crippen molar-refractivity contribution >= 4 is 23.1 Å². The quantitative estimate of drug-likeness (QED) is 0.440. The fourth-order valence-electron chi connectivity index (χ4n) is 2.78. The van der Waals surface area contributed by atoms with Gasteiger partial charge in [0.2, 0.25) is 0 Å². The van der Waals surface area contributed by atoms with E-state index in [4.69, 9.17) is 4.74 Å². The van der Waals surface area contributed by atoms with E-state index in [2.05, 4.69) is 14.7 Å². The maximum Gasteiger partial charge on any atom is 0.298 e. The Kier molecular flexibility index (Phi) is 5.81. The van der Waals surface area contributed by atoms with Crippen LogP contribution in [0.15, 0.2) is 72.8 Å². The van der Waals surface area contributed by atoms with Gasteiger partial charge in [-0.05, 0) is 55.0 Å². The molecular weight excluding hydrogens is 401 g/mol. The smallest absolute Gasteiger partial charge is 0.298 e. The number of rotatable bonds is 6. The number of halogens is 1. The van der Waals surface area contributed by atoms with Crippen molar-refractivity contribution in [1.82, 2.24) is 9.36 Å². The molecule has 0 radical (unpaired) electrons. The number of carbonyl (C=O) groups is 1. The van der Waals surface area contributed by atoms with Crippen LogP contribution in [0.3, 0.4) is 0 Å². The van der Waals surface area contributed by atoms with Gasteiger partial charge in [0.1, 0.15) is 11.6 Å². The van der Waals surface area contributed by atoms with Gasteiger partial charge in [0, 0.05) is 29.2 Å². The maximum atomic E-state index is 13.0. The van der Waals surface area contributed by atoms with Crippen LogP contribution >= 0.6 is 11.5 Å². The number of hydrogen-bond acceptors (Lipinski definition) is 5. The monoisotopic (exact) mass is 419 g/mol. The van der Waals surface area contributed by atoms with Gasteiger partial charge in [0.15, 0.2) is 5.82 Å². The first-order chi connectivity index (χ1) is 14.5. The lowest BCUT2D eigenvalue weighted by Crippen LogP contribution is -2.11. The topological polar surface area (TPSA) is 64.1 Å². The molecule has 0 spiro atoms. The van der Waals surface area contributed by atoms with Crippen LogP contribution in [0.5, 0.6) is 10.9 Å². The number of hydrogen-bond donors (Lipinski definition) is 1. The van der Waals surface area contributed by atoms with Crippen LogP contribution in [0.1, 0.15) is 27.3 Å². The molecule has 0 aliphatic carbocycles.